The SMILES string of the molecule is C#CCC1CCCCC1C(=O)O. The second kappa shape index (κ2) is 4.15. The smallest absolute Gasteiger partial charge is 0.306 e. The molecular formula is C10H14O2. The number of carboxylic acids is 1. The molecule has 2 atom stereocenters. The molecule has 0 aliphatic heterocycles. The Labute approximate surface area is 73.0 Å². The molecule has 0 aromatic carbocycles. The first kappa shape index (κ1) is 9.12. The van der Waals surface area contributed by atoms with Crippen molar-refractivity contribution in [3.8, 4) is 12.3 Å². The highest BCUT2D eigenvalue weighted by Crippen LogP contribution is 2.32. The van der Waals surface area contributed by atoms with E-state index in [4.69, 9.17) is 11.5 Å². The van der Waals surface area contributed by atoms with Crippen LogP contribution >= 0.6 is 0 Å². The fourth-order valence-electron chi connectivity index (χ4n) is 1.93. The second-order valence-electron chi connectivity index (χ2n) is 3.40. The van der Waals surface area contributed by atoms with Gasteiger partial charge in [0.25, 0.3) is 0 Å². The molecular weight excluding hydrogens is 152 g/mol. The van der Waals surface area contributed by atoms with Crippen LogP contribution in [0.5, 0.6) is 0 Å². The Balaban J connectivity index is 2.55. The third-order valence-corrected chi connectivity index (χ3v) is 2.61. The molecule has 0 aromatic rings. The minimum atomic E-state index is -0.671. The molecule has 0 heterocycles. The van der Waals surface area contributed by atoms with Crippen LogP contribution in [0.3, 0.4) is 0 Å². The largest absolute Gasteiger partial charge is 0.481 e. The predicted octanol–water partition coefficient (Wildman–Crippen LogP) is 1.90. The first-order chi connectivity index (χ1) is 5.75. The van der Waals surface area contributed by atoms with Gasteiger partial charge in [0, 0.05) is 6.42 Å². The summed E-state index contributed by atoms with van der Waals surface area (Å²) in [4.78, 5) is 10.8. The number of hydrogen-bond acceptors (Lipinski definition) is 1. The van der Waals surface area contributed by atoms with Gasteiger partial charge in [0.1, 0.15) is 0 Å². The number of terminal acetylenes is 1. The van der Waals surface area contributed by atoms with E-state index in [1.165, 1.54) is 0 Å². The van der Waals surface area contributed by atoms with E-state index in [1.807, 2.05) is 0 Å². The van der Waals surface area contributed by atoms with Gasteiger partial charge in [0.05, 0.1) is 5.92 Å². The lowest BCUT2D eigenvalue weighted by Gasteiger charge is -2.26. The van der Waals surface area contributed by atoms with Crippen molar-refractivity contribution in [3.63, 3.8) is 0 Å². The Hall–Kier alpha value is -0.970. The van der Waals surface area contributed by atoms with Crippen LogP contribution in [0.2, 0.25) is 0 Å². The van der Waals surface area contributed by atoms with Gasteiger partial charge >= 0.3 is 5.97 Å². The van der Waals surface area contributed by atoms with Gasteiger partial charge in [-0.1, -0.05) is 12.8 Å². The maximum absolute atomic E-state index is 10.8. The van der Waals surface area contributed by atoms with Crippen LogP contribution in [0, 0.1) is 24.2 Å². The average molecular weight is 166 g/mol. The van der Waals surface area contributed by atoms with Crippen LogP contribution in [0.15, 0.2) is 0 Å². The third kappa shape index (κ3) is 2.01. The van der Waals surface area contributed by atoms with Gasteiger partial charge in [-0.25, -0.2) is 0 Å². The lowest BCUT2D eigenvalue weighted by atomic mass is 9.78. The average Bonchev–Trinajstić information content (AvgIpc) is 2.05. The zero-order chi connectivity index (χ0) is 8.97. The molecule has 2 unspecified atom stereocenters. The molecule has 1 aliphatic carbocycles. The van der Waals surface area contributed by atoms with Crippen molar-refractivity contribution < 1.29 is 9.90 Å². The van der Waals surface area contributed by atoms with Crippen molar-refractivity contribution in [2.24, 2.45) is 11.8 Å². The normalized spacial score (nSPS) is 29.2. The standard InChI is InChI=1S/C10H14O2/c1-2-5-8-6-3-4-7-9(8)10(11)12/h1,8-9H,3-7H2,(H,11,12). The molecule has 0 amide bonds. The van der Waals surface area contributed by atoms with E-state index in [9.17, 15) is 4.79 Å². The zero-order valence-electron chi connectivity index (χ0n) is 7.12. The van der Waals surface area contributed by atoms with E-state index >= 15 is 0 Å². The van der Waals surface area contributed by atoms with Gasteiger partial charge in [0.2, 0.25) is 0 Å². The summed E-state index contributed by atoms with van der Waals surface area (Å²) in [6.45, 7) is 0. The summed E-state index contributed by atoms with van der Waals surface area (Å²) in [5.41, 5.74) is 0. The number of rotatable bonds is 2. The predicted molar refractivity (Wildman–Crippen MR) is 46.5 cm³/mol. The van der Waals surface area contributed by atoms with Crippen molar-refractivity contribution in [1.82, 2.24) is 0 Å². The van der Waals surface area contributed by atoms with Gasteiger partial charge in [-0.2, -0.15) is 0 Å². The molecule has 1 fully saturated rings. The van der Waals surface area contributed by atoms with Crippen LogP contribution in [0.25, 0.3) is 0 Å². The van der Waals surface area contributed by atoms with Crippen molar-refractivity contribution in [1.29, 1.82) is 0 Å². The Kier molecular flexibility index (Phi) is 3.16. The topological polar surface area (TPSA) is 37.3 Å². The highest BCUT2D eigenvalue weighted by molar-refractivity contribution is 5.70. The van der Waals surface area contributed by atoms with E-state index in [1.54, 1.807) is 0 Å². The molecule has 2 nitrogen and oxygen atoms in total. The van der Waals surface area contributed by atoms with Crippen molar-refractivity contribution >= 4 is 5.97 Å². The van der Waals surface area contributed by atoms with Gasteiger partial charge in [0.15, 0.2) is 0 Å². The summed E-state index contributed by atoms with van der Waals surface area (Å²) in [7, 11) is 0. The van der Waals surface area contributed by atoms with Crippen molar-refractivity contribution in [2.75, 3.05) is 0 Å². The van der Waals surface area contributed by atoms with Gasteiger partial charge in [-0.15, -0.1) is 12.3 Å². The molecule has 1 rings (SSSR count). The van der Waals surface area contributed by atoms with E-state index in [-0.39, 0.29) is 11.8 Å². The van der Waals surface area contributed by atoms with Crippen LogP contribution in [0.4, 0.5) is 0 Å². The van der Waals surface area contributed by atoms with Gasteiger partial charge in [-0.05, 0) is 18.8 Å². The molecule has 0 radical (unpaired) electrons. The summed E-state index contributed by atoms with van der Waals surface area (Å²) < 4.78 is 0. The van der Waals surface area contributed by atoms with Crippen molar-refractivity contribution in [3.05, 3.63) is 0 Å². The lowest BCUT2D eigenvalue weighted by molar-refractivity contribution is -0.144. The summed E-state index contributed by atoms with van der Waals surface area (Å²) in [5.74, 6) is 1.93. The first-order valence-corrected chi connectivity index (χ1v) is 4.42. The summed E-state index contributed by atoms with van der Waals surface area (Å²) in [6, 6.07) is 0. The van der Waals surface area contributed by atoms with Crippen molar-refractivity contribution in [2.45, 2.75) is 32.1 Å². The third-order valence-electron chi connectivity index (χ3n) is 2.61. The quantitative estimate of drug-likeness (QED) is 0.636. The Morgan fingerprint density at radius 2 is 2.17 bits per heavy atom. The number of aliphatic carboxylic acids is 1. The fourth-order valence-corrected chi connectivity index (χ4v) is 1.93. The number of hydrogen-bond donors (Lipinski definition) is 1. The van der Waals surface area contributed by atoms with Crippen LogP contribution in [-0.2, 0) is 4.79 Å². The minimum absolute atomic E-state index is 0.185. The first-order valence-electron chi connectivity index (χ1n) is 4.42. The summed E-state index contributed by atoms with van der Waals surface area (Å²) in [5, 5.41) is 8.87. The Morgan fingerprint density at radius 3 is 2.75 bits per heavy atom. The number of carbonyl (C=O) groups is 1. The summed E-state index contributed by atoms with van der Waals surface area (Å²) in [6.07, 6.45) is 9.77. The molecule has 1 saturated carbocycles. The second-order valence-corrected chi connectivity index (χ2v) is 3.40. The molecule has 0 aromatic heterocycles. The summed E-state index contributed by atoms with van der Waals surface area (Å²) >= 11 is 0. The van der Waals surface area contributed by atoms with Gasteiger partial charge in [-0.3, -0.25) is 4.79 Å². The molecule has 1 N–H and O–H groups in total. The highest BCUT2D eigenvalue weighted by Gasteiger charge is 2.29. The zero-order valence-corrected chi connectivity index (χ0v) is 7.12. The molecule has 12 heavy (non-hydrogen) atoms. The van der Waals surface area contributed by atoms with E-state index in [0.29, 0.717) is 6.42 Å². The van der Waals surface area contributed by atoms with E-state index in [2.05, 4.69) is 5.92 Å². The fraction of sp³-hybridized carbons (Fsp3) is 0.700. The van der Waals surface area contributed by atoms with Gasteiger partial charge < -0.3 is 5.11 Å². The molecule has 0 spiro atoms. The van der Waals surface area contributed by atoms with Crippen LogP contribution in [0.1, 0.15) is 32.1 Å². The van der Waals surface area contributed by atoms with Crippen LogP contribution < -0.4 is 0 Å². The number of carboxylic acid groups (broad SMARTS) is 1. The maximum atomic E-state index is 10.8. The molecule has 66 valence electrons. The Morgan fingerprint density at radius 1 is 1.50 bits per heavy atom. The Bertz CT molecular complexity index is 202. The van der Waals surface area contributed by atoms with E-state index in [0.717, 1.165) is 25.7 Å². The van der Waals surface area contributed by atoms with Crippen LogP contribution in [-0.4, -0.2) is 11.1 Å². The highest BCUT2D eigenvalue weighted by atomic mass is 16.4. The van der Waals surface area contributed by atoms with E-state index < -0.39 is 5.97 Å². The maximum Gasteiger partial charge on any atom is 0.306 e. The molecule has 2 heteroatoms. The monoisotopic (exact) mass is 166 g/mol. The molecule has 1 aliphatic rings. The lowest BCUT2D eigenvalue weighted by Crippen LogP contribution is -2.26. The molecule has 0 bridgehead atoms. The minimum Gasteiger partial charge on any atom is -0.481 e. The molecule has 0 saturated heterocycles.